The number of carbonyl (C=O) groups is 1. The maximum Gasteiger partial charge on any atom is 0.337 e. The van der Waals surface area contributed by atoms with Gasteiger partial charge in [-0.2, -0.15) is 0 Å². The number of thioether (sulfide) groups is 2. The summed E-state index contributed by atoms with van der Waals surface area (Å²) in [5.41, 5.74) is 2.09. The highest BCUT2D eigenvalue weighted by Gasteiger charge is 2.45. The zero-order valence-corrected chi connectivity index (χ0v) is 16.8. The third-order valence-electron chi connectivity index (χ3n) is 4.90. The molecule has 5 heteroatoms. The fraction of sp³-hybridized carbons (Fsp3) is 0.286. The number of hydrogen-bond donors (Lipinski definition) is 0. The Morgan fingerprint density at radius 2 is 1.69 bits per heavy atom. The summed E-state index contributed by atoms with van der Waals surface area (Å²) < 4.78 is 7.13. The van der Waals surface area contributed by atoms with Gasteiger partial charge in [-0.25, -0.2) is 4.79 Å². The van der Waals surface area contributed by atoms with E-state index in [0.717, 1.165) is 32.4 Å². The summed E-state index contributed by atoms with van der Waals surface area (Å²) in [6, 6.07) is 17.9. The molecule has 4 rings (SSSR count). The first-order chi connectivity index (χ1) is 12.6. The number of carbonyl (C=O) groups excluding carboxylic acids is 1. The van der Waals surface area contributed by atoms with Crippen LogP contribution in [0.5, 0.6) is 0 Å². The van der Waals surface area contributed by atoms with Crippen molar-refractivity contribution in [1.82, 2.24) is 0 Å². The Balaban J connectivity index is 1.82. The maximum absolute atomic E-state index is 13.1. The van der Waals surface area contributed by atoms with Crippen LogP contribution in [-0.4, -0.2) is 17.5 Å². The van der Waals surface area contributed by atoms with E-state index >= 15 is 0 Å². The molecule has 2 saturated heterocycles. The standard InChI is InChI=1S/C21H19ClO2S2/c1-21(16-9-5-6-10-17(16)22)13-15(14-7-3-2-4-8-14)18(19(23)24-21)20-25-11-12-26-20/h2-10,15H,11-13H2,1H3. The lowest BCUT2D eigenvalue weighted by atomic mass is 9.77. The van der Waals surface area contributed by atoms with E-state index in [4.69, 9.17) is 16.3 Å². The predicted molar refractivity (Wildman–Crippen MR) is 111 cm³/mol. The van der Waals surface area contributed by atoms with Crippen molar-refractivity contribution in [3.8, 4) is 0 Å². The third kappa shape index (κ3) is 3.30. The molecule has 0 amide bonds. The molecule has 2 heterocycles. The highest BCUT2D eigenvalue weighted by atomic mass is 35.5. The second kappa shape index (κ2) is 7.34. The van der Waals surface area contributed by atoms with E-state index in [9.17, 15) is 4.79 Å². The smallest absolute Gasteiger partial charge is 0.337 e. The molecule has 0 bridgehead atoms. The quantitative estimate of drug-likeness (QED) is 0.456. The van der Waals surface area contributed by atoms with E-state index in [2.05, 4.69) is 12.1 Å². The van der Waals surface area contributed by atoms with Gasteiger partial charge in [-0.1, -0.05) is 60.1 Å². The summed E-state index contributed by atoms with van der Waals surface area (Å²) in [4.78, 5) is 13.1. The lowest BCUT2D eigenvalue weighted by Gasteiger charge is -2.40. The summed E-state index contributed by atoms with van der Waals surface area (Å²) in [6.07, 6.45) is 0.687. The Bertz CT molecular complexity index is 857. The van der Waals surface area contributed by atoms with Crippen LogP contribution < -0.4 is 0 Å². The number of benzene rings is 2. The summed E-state index contributed by atoms with van der Waals surface area (Å²) in [5.74, 6) is 1.87. The van der Waals surface area contributed by atoms with Crippen LogP contribution in [0.3, 0.4) is 0 Å². The zero-order valence-electron chi connectivity index (χ0n) is 14.4. The van der Waals surface area contributed by atoms with Crippen molar-refractivity contribution in [3.63, 3.8) is 0 Å². The van der Waals surface area contributed by atoms with Crippen LogP contribution in [0.25, 0.3) is 0 Å². The zero-order chi connectivity index (χ0) is 18.1. The molecule has 26 heavy (non-hydrogen) atoms. The number of cyclic esters (lactones) is 1. The first-order valence-corrected chi connectivity index (χ1v) is 11.0. The third-order valence-corrected chi connectivity index (χ3v) is 7.97. The average Bonchev–Trinajstić information content (AvgIpc) is 3.16. The Labute approximate surface area is 167 Å². The molecule has 2 unspecified atom stereocenters. The molecule has 0 spiro atoms. The summed E-state index contributed by atoms with van der Waals surface area (Å²) in [6.45, 7) is 1.97. The van der Waals surface area contributed by atoms with Gasteiger partial charge < -0.3 is 4.74 Å². The molecule has 0 saturated carbocycles. The van der Waals surface area contributed by atoms with E-state index in [0.29, 0.717) is 11.4 Å². The first kappa shape index (κ1) is 18.0. The molecule has 0 radical (unpaired) electrons. The van der Waals surface area contributed by atoms with Gasteiger partial charge in [0.15, 0.2) is 0 Å². The van der Waals surface area contributed by atoms with Gasteiger partial charge in [0.05, 0.1) is 9.81 Å². The number of rotatable bonds is 2. The van der Waals surface area contributed by atoms with Crippen molar-refractivity contribution in [1.29, 1.82) is 0 Å². The number of halogens is 1. The van der Waals surface area contributed by atoms with E-state index in [-0.39, 0.29) is 11.9 Å². The van der Waals surface area contributed by atoms with E-state index in [1.165, 1.54) is 0 Å². The first-order valence-electron chi connectivity index (χ1n) is 8.61. The van der Waals surface area contributed by atoms with Crippen molar-refractivity contribution in [2.24, 2.45) is 0 Å². The van der Waals surface area contributed by atoms with Crippen molar-refractivity contribution in [2.75, 3.05) is 11.5 Å². The molecule has 2 aliphatic rings. The van der Waals surface area contributed by atoms with Gasteiger partial charge in [0.1, 0.15) is 5.60 Å². The van der Waals surface area contributed by atoms with Gasteiger partial charge in [0, 0.05) is 34.4 Å². The van der Waals surface area contributed by atoms with Gasteiger partial charge in [0.2, 0.25) is 0 Å². The van der Waals surface area contributed by atoms with Gasteiger partial charge in [-0.3, -0.25) is 0 Å². The van der Waals surface area contributed by atoms with Crippen LogP contribution >= 0.6 is 35.1 Å². The lowest BCUT2D eigenvalue weighted by molar-refractivity contribution is -0.160. The Kier molecular flexibility index (Phi) is 5.09. The minimum absolute atomic E-state index is 0.00632. The molecule has 134 valence electrons. The van der Waals surface area contributed by atoms with Crippen LogP contribution in [0.2, 0.25) is 5.02 Å². The van der Waals surface area contributed by atoms with E-state index in [1.807, 2.05) is 49.4 Å². The predicted octanol–water partition coefficient (Wildman–Crippen LogP) is 5.98. The fourth-order valence-electron chi connectivity index (χ4n) is 3.65. The normalized spacial score (nSPS) is 26.1. The Morgan fingerprint density at radius 1 is 1.04 bits per heavy atom. The molecule has 0 N–H and O–H groups in total. The SMILES string of the molecule is CC1(c2ccccc2Cl)CC(c2ccccc2)C(=C2SCCS2)C(=O)O1. The molecule has 2 aliphatic heterocycles. The van der Waals surface area contributed by atoms with Crippen LogP contribution in [0.15, 0.2) is 64.4 Å². The molecular weight excluding hydrogens is 384 g/mol. The van der Waals surface area contributed by atoms with Gasteiger partial charge in [0.25, 0.3) is 0 Å². The highest BCUT2D eigenvalue weighted by Crippen LogP contribution is 2.51. The van der Waals surface area contributed by atoms with Crippen molar-refractivity contribution in [3.05, 3.63) is 80.6 Å². The Hall–Kier alpha value is -1.36. The molecular formula is C21H19ClO2S2. The number of esters is 1. The number of hydrogen-bond acceptors (Lipinski definition) is 4. The van der Waals surface area contributed by atoms with Crippen molar-refractivity contribution in [2.45, 2.75) is 24.9 Å². The lowest BCUT2D eigenvalue weighted by Crippen LogP contribution is -2.39. The van der Waals surface area contributed by atoms with Crippen molar-refractivity contribution < 1.29 is 9.53 Å². The van der Waals surface area contributed by atoms with Gasteiger partial charge in [-0.15, -0.1) is 23.5 Å². The minimum Gasteiger partial charge on any atom is -0.451 e. The molecule has 2 fully saturated rings. The van der Waals surface area contributed by atoms with Crippen LogP contribution in [0.1, 0.15) is 30.4 Å². The fourth-order valence-corrected chi connectivity index (χ4v) is 6.62. The largest absolute Gasteiger partial charge is 0.451 e. The van der Waals surface area contributed by atoms with Crippen molar-refractivity contribution >= 4 is 41.1 Å². The summed E-state index contributed by atoms with van der Waals surface area (Å²) in [5, 5.41) is 0.635. The van der Waals surface area contributed by atoms with Crippen LogP contribution in [-0.2, 0) is 15.1 Å². The van der Waals surface area contributed by atoms with E-state index < -0.39 is 5.60 Å². The summed E-state index contributed by atoms with van der Waals surface area (Å²) in [7, 11) is 0. The van der Waals surface area contributed by atoms with Gasteiger partial charge >= 0.3 is 5.97 Å². The molecule has 2 nitrogen and oxygen atoms in total. The van der Waals surface area contributed by atoms with Crippen LogP contribution in [0.4, 0.5) is 0 Å². The molecule has 0 aromatic heterocycles. The van der Waals surface area contributed by atoms with Gasteiger partial charge in [-0.05, 0) is 18.6 Å². The number of ether oxygens (including phenoxy) is 1. The Morgan fingerprint density at radius 3 is 2.38 bits per heavy atom. The molecule has 2 aromatic carbocycles. The molecule has 2 atom stereocenters. The minimum atomic E-state index is -0.742. The maximum atomic E-state index is 13.1. The monoisotopic (exact) mass is 402 g/mol. The highest BCUT2D eigenvalue weighted by molar-refractivity contribution is 8.25. The second-order valence-corrected chi connectivity index (χ2v) is 9.54. The van der Waals surface area contributed by atoms with Crippen LogP contribution in [0, 0.1) is 0 Å². The van der Waals surface area contributed by atoms with E-state index in [1.54, 1.807) is 23.5 Å². The molecule has 0 aliphatic carbocycles. The summed E-state index contributed by atoms with van der Waals surface area (Å²) >= 11 is 9.97. The average molecular weight is 403 g/mol. The molecule has 2 aromatic rings. The second-order valence-electron chi connectivity index (χ2n) is 6.67. The topological polar surface area (TPSA) is 26.3 Å².